The Balaban J connectivity index is 0.000000253. The van der Waals surface area contributed by atoms with Crippen molar-refractivity contribution >= 4 is 16.1 Å². The van der Waals surface area contributed by atoms with E-state index in [2.05, 4.69) is 10.8 Å². The second-order valence-electron chi connectivity index (χ2n) is 4.51. The van der Waals surface area contributed by atoms with E-state index in [4.69, 9.17) is 5.11 Å². The summed E-state index contributed by atoms with van der Waals surface area (Å²) in [6, 6.07) is 14.8. The van der Waals surface area contributed by atoms with Gasteiger partial charge in [0.05, 0.1) is 17.1 Å². The maximum absolute atomic E-state index is 11.4. The van der Waals surface area contributed by atoms with Gasteiger partial charge in [0.1, 0.15) is 0 Å². The zero-order valence-electron chi connectivity index (χ0n) is 12.7. The number of aromatic carboxylic acids is 1. The van der Waals surface area contributed by atoms with Gasteiger partial charge in [0.25, 0.3) is 10.1 Å². The highest BCUT2D eigenvalue weighted by molar-refractivity contribution is 7.86. The molecule has 0 amide bonds. The maximum atomic E-state index is 11.4. The Kier molecular flexibility index (Phi) is 7.18. The fraction of sp³-hybridized carbons (Fsp3) is 0.118. The molecule has 2 aromatic rings. The van der Waals surface area contributed by atoms with Crippen LogP contribution in [0, 0.1) is 6.92 Å². The molecule has 0 aliphatic rings. The van der Waals surface area contributed by atoms with Crippen molar-refractivity contribution < 1.29 is 22.5 Å². The van der Waals surface area contributed by atoms with Gasteiger partial charge in [-0.15, -0.1) is 6.58 Å². The monoisotopic (exact) mass is 334 g/mol. The molecule has 0 bridgehead atoms. The van der Waals surface area contributed by atoms with Crippen molar-refractivity contribution in [1.29, 1.82) is 0 Å². The van der Waals surface area contributed by atoms with Crippen molar-refractivity contribution in [2.45, 2.75) is 11.8 Å². The molecule has 0 saturated heterocycles. The van der Waals surface area contributed by atoms with Gasteiger partial charge in [0, 0.05) is 0 Å². The fourth-order valence-electron chi connectivity index (χ4n) is 1.49. The van der Waals surface area contributed by atoms with E-state index >= 15 is 0 Å². The minimum absolute atomic E-state index is 0.00376. The molecule has 23 heavy (non-hydrogen) atoms. The summed E-state index contributed by atoms with van der Waals surface area (Å²) >= 11 is 0. The van der Waals surface area contributed by atoms with E-state index in [1.807, 2.05) is 6.92 Å². The zero-order chi connectivity index (χ0) is 17.3. The predicted molar refractivity (Wildman–Crippen MR) is 87.9 cm³/mol. The highest BCUT2D eigenvalue weighted by Crippen LogP contribution is 2.12. The van der Waals surface area contributed by atoms with Crippen molar-refractivity contribution in [3.05, 3.63) is 78.4 Å². The van der Waals surface area contributed by atoms with Crippen LogP contribution < -0.4 is 0 Å². The number of carboxylic acid groups (broad SMARTS) is 1. The Morgan fingerprint density at radius 3 is 2.13 bits per heavy atom. The second kappa shape index (κ2) is 8.87. The summed E-state index contributed by atoms with van der Waals surface area (Å²) in [5.41, 5.74) is 1.34. The Hall–Kier alpha value is -2.44. The van der Waals surface area contributed by atoms with Gasteiger partial charge < -0.3 is 5.11 Å². The van der Waals surface area contributed by atoms with Gasteiger partial charge in [-0.1, -0.05) is 42.0 Å². The van der Waals surface area contributed by atoms with Crippen LogP contribution in [-0.4, -0.2) is 26.1 Å². The standard InChI is InChI=1S/C10H12O3S.C7H6O2/c1-3-8-13-14(11,12)10-6-4-9(2)5-7-10;8-7(9)6-4-2-1-3-5-6/h3-7H,1,8H2,2H3;1-5H,(H,8,9). The molecule has 0 aliphatic heterocycles. The maximum Gasteiger partial charge on any atom is 0.335 e. The summed E-state index contributed by atoms with van der Waals surface area (Å²) in [7, 11) is -3.61. The summed E-state index contributed by atoms with van der Waals surface area (Å²) in [4.78, 5) is 10.4. The molecule has 0 spiro atoms. The summed E-state index contributed by atoms with van der Waals surface area (Å²) in [5.74, 6) is -0.879. The van der Waals surface area contributed by atoms with Gasteiger partial charge >= 0.3 is 5.97 Å². The molecule has 0 radical (unpaired) electrons. The number of benzene rings is 2. The molecule has 122 valence electrons. The Morgan fingerprint density at radius 2 is 1.70 bits per heavy atom. The molecule has 1 N–H and O–H groups in total. The van der Waals surface area contributed by atoms with E-state index < -0.39 is 16.1 Å². The lowest BCUT2D eigenvalue weighted by Crippen LogP contribution is -2.06. The van der Waals surface area contributed by atoms with Crippen LogP contribution in [0.2, 0.25) is 0 Å². The SMILES string of the molecule is C=CCOS(=O)(=O)c1ccc(C)cc1.O=C(O)c1ccccc1. The molecule has 0 heterocycles. The summed E-state index contributed by atoms with van der Waals surface area (Å²) in [5, 5.41) is 8.38. The van der Waals surface area contributed by atoms with Gasteiger partial charge in [0.15, 0.2) is 0 Å². The first-order valence-electron chi connectivity index (χ1n) is 6.72. The van der Waals surface area contributed by atoms with Crippen LogP contribution in [0.25, 0.3) is 0 Å². The lowest BCUT2D eigenvalue weighted by molar-refractivity contribution is 0.0697. The molecular formula is C17H18O5S. The van der Waals surface area contributed by atoms with E-state index in [0.29, 0.717) is 5.56 Å². The van der Waals surface area contributed by atoms with E-state index in [1.165, 1.54) is 18.2 Å². The second-order valence-corrected chi connectivity index (χ2v) is 6.13. The molecule has 0 aliphatic carbocycles. The topological polar surface area (TPSA) is 80.7 Å². The van der Waals surface area contributed by atoms with Crippen LogP contribution in [0.3, 0.4) is 0 Å². The van der Waals surface area contributed by atoms with Crippen LogP contribution in [0.15, 0.2) is 72.1 Å². The molecule has 0 fully saturated rings. The van der Waals surface area contributed by atoms with E-state index in [-0.39, 0.29) is 11.5 Å². The highest BCUT2D eigenvalue weighted by atomic mass is 32.2. The number of hydrogen-bond donors (Lipinski definition) is 1. The normalized spacial score (nSPS) is 10.3. The van der Waals surface area contributed by atoms with E-state index in [0.717, 1.165) is 5.56 Å². The van der Waals surface area contributed by atoms with E-state index in [9.17, 15) is 13.2 Å². The van der Waals surface area contributed by atoms with Crippen LogP contribution in [0.1, 0.15) is 15.9 Å². The third kappa shape index (κ3) is 6.46. The largest absolute Gasteiger partial charge is 0.478 e. The summed E-state index contributed by atoms with van der Waals surface area (Å²) in [6.45, 7) is 5.27. The highest BCUT2D eigenvalue weighted by Gasteiger charge is 2.13. The average molecular weight is 334 g/mol. The molecule has 6 heteroatoms. The summed E-state index contributed by atoms with van der Waals surface area (Å²) in [6.07, 6.45) is 1.39. The van der Waals surface area contributed by atoms with Crippen LogP contribution in [0.5, 0.6) is 0 Å². The Labute approximate surface area is 136 Å². The molecular weight excluding hydrogens is 316 g/mol. The van der Waals surface area contributed by atoms with E-state index in [1.54, 1.807) is 42.5 Å². The number of hydrogen-bond acceptors (Lipinski definition) is 4. The summed E-state index contributed by atoms with van der Waals surface area (Å²) < 4.78 is 27.5. The van der Waals surface area contributed by atoms with Crippen LogP contribution in [0.4, 0.5) is 0 Å². The third-order valence-electron chi connectivity index (χ3n) is 2.67. The lowest BCUT2D eigenvalue weighted by atomic mass is 10.2. The van der Waals surface area contributed by atoms with Gasteiger partial charge in [-0.2, -0.15) is 8.42 Å². The van der Waals surface area contributed by atoms with Crippen molar-refractivity contribution in [2.75, 3.05) is 6.61 Å². The third-order valence-corrected chi connectivity index (χ3v) is 3.97. The number of carbonyl (C=O) groups is 1. The van der Waals surface area contributed by atoms with Crippen LogP contribution >= 0.6 is 0 Å². The molecule has 2 aromatic carbocycles. The minimum Gasteiger partial charge on any atom is -0.478 e. The Morgan fingerprint density at radius 1 is 1.13 bits per heavy atom. The molecule has 2 rings (SSSR count). The smallest absolute Gasteiger partial charge is 0.335 e. The average Bonchev–Trinajstić information content (AvgIpc) is 2.55. The van der Waals surface area contributed by atoms with Gasteiger partial charge in [-0.3, -0.25) is 4.18 Å². The quantitative estimate of drug-likeness (QED) is 0.670. The number of rotatable bonds is 5. The molecule has 0 atom stereocenters. The first-order valence-corrected chi connectivity index (χ1v) is 8.13. The minimum atomic E-state index is -3.61. The lowest BCUT2D eigenvalue weighted by Gasteiger charge is -2.03. The van der Waals surface area contributed by atoms with Crippen molar-refractivity contribution in [3.63, 3.8) is 0 Å². The number of carboxylic acids is 1. The zero-order valence-corrected chi connectivity index (χ0v) is 13.5. The van der Waals surface area contributed by atoms with Crippen molar-refractivity contribution in [1.82, 2.24) is 0 Å². The molecule has 5 nitrogen and oxygen atoms in total. The fourth-order valence-corrected chi connectivity index (χ4v) is 2.37. The van der Waals surface area contributed by atoms with Crippen molar-refractivity contribution in [2.24, 2.45) is 0 Å². The predicted octanol–water partition coefficient (Wildman–Crippen LogP) is 3.27. The molecule has 0 aromatic heterocycles. The first-order chi connectivity index (χ1) is 10.9. The Bertz CT molecular complexity index is 734. The molecule has 0 unspecified atom stereocenters. The van der Waals surface area contributed by atoms with Crippen LogP contribution in [-0.2, 0) is 14.3 Å². The molecule has 0 saturated carbocycles. The first kappa shape index (κ1) is 18.6. The number of aryl methyl sites for hydroxylation is 1. The van der Waals surface area contributed by atoms with Gasteiger partial charge in [-0.25, -0.2) is 4.79 Å². The van der Waals surface area contributed by atoms with Gasteiger partial charge in [0.2, 0.25) is 0 Å². The van der Waals surface area contributed by atoms with Crippen molar-refractivity contribution in [3.8, 4) is 0 Å². The van der Waals surface area contributed by atoms with Gasteiger partial charge in [-0.05, 0) is 31.2 Å².